The molecule has 1 aromatic rings. The van der Waals surface area contributed by atoms with Crippen molar-refractivity contribution < 1.29 is 23.5 Å². The van der Waals surface area contributed by atoms with Crippen LogP contribution in [0.3, 0.4) is 0 Å². The van der Waals surface area contributed by atoms with Gasteiger partial charge in [-0.15, -0.1) is 0 Å². The molecular formula is C22H29FN2O4. The second-order valence-corrected chi connectivity index (χ2v) is 9.22. The number of benzene rings is 1. The van der Waals surface area contributed by atoms with Gasteiger partial charge in [-0.1, -0.05) is 24.3 Å². The number of hydrogen-bond acceptors (Lipinski definition) is 4. The molecule has 0 aliphatic carbocycles. The molecule has 1 atom stereocenters. The topological polar surface area (TPSA) is 75.7 Å². The lowest BCUT2D eigenvalue weighted by molar-refractivity contribution is -0.137. The van der Waals surface area contributed by atoms with Gasteiger partial charge in [0.15, 0.2) is 0 Å². The summed E-state index contributed by atoms with van der Waals surface area (Å²) < 4.78 is 20.9. The third-order valence-corrected chi connectivity index (χ3v) is 5.85. The van der Waals surface area contributed by atoms with E-state index in [1.54, 1.807) is 56.9 Å². The molecule has 0 saturated carbocycles. The summed E-state index contributed by atoms with van der Waals surface area (Å²) in [5.74, 6) is -0.578. The number of ether oxygens (including phenoxy) is 1. The average Bonchev–Trinajstić information content (AvgIpc) is 2.64. The molecule has 0 unspecified atom stereocenters. The van der Waals surface area contributed by atoms with Crippen LogP contribution in [-0.4, -0.2) is 41.5 Å². The number of halogens is 1. The van der Waals surface area contributed by atoms with Crippen LogP contribution in [0, 0.1) is 0 Å². The van der Waals surface area contributed by atoms with Crippen LogP contribution >= 0.6 is 0 Å². The molecule has 3 rings (SSSR count). The van der Waals surface area contributed by atoms with E-state index < -0.39 is 22.8 Å². The molecule has 158 valence electrons. The first-order valence-electron chi connectivity index (χ1n) is 10.1. The van der Waals surface area contributed by atoms with Gasteiger partial charge in [0.2, 0.25) is 11.8 Å². The second kappa shape index (κ2) is 7.43. The summed E-state index contributed by atoms with van der Waals surface area (Å²) in [7, 11) is 0. The number of carbonyl (C=O) groups is 3. The minimum Gasteiger partial charge on any atom is -0.444 e. The Morgan fingerprint density at radius 3 is 2.14 bits per heavy atom. The summed E-state index contributed by atoms with van der Waals surface area (Å²) in [5, 5.41) is 2.38. The summed E-state index contributed by atoms with van der Waals surface area (Å²) in [6.45, 7) is 7.79. The average molecular weight is 404 g/mol. The molecule has 2 fully saturated rings. The Morgan fingerprint density at radius 1 is 1.07 bits per heavy atom. The normalized spacial score (nSPS) is 24.8. The second-order valence-electron chi connectivity index (χ2n) is 9.22. The van der Waals surface area contributed by atoms with E-state index in [0.717, 1.165) is 5.56 Å². The monoisotopic (exact) mass is 404 g/mol. The highest BCUT2D eigenvalue weighted by Crippen LogP contribution is 2.39. The Hall–Kier alpha value is -2.44. The lowest BCUT2D eigenvalue weighted by Gasteiger charge is -2.37. The number of likely N-dealkylation sites (tertiary alicyclic amines) is 1. The van der Waals surface area contributed by atoms with E-state index in [4.69, 9.17) is 4.74 Å². The SMILES string of the molecule is CC(C)(C)OC(=O)N1CCC(F)(c2ccc([C@@]3(C)CCC(=O)NC3=O)cc2)CC1. The highest BCUT2D eigenvalue weighted by atomic mass is 19.1. The molecule has 1 N–H and O–H groups in total. The summed E-state index contributed by atoms with van der Waals surface area (Å²) in [6.07, 6.45) is 0.691. The van der Waals surface area contributed by atoms with Crippen LogP contribution in [0.5, 0.6) is 0 Å². The molecule has 7 heteroatoms. The van der Waals surface area contributed by atoms with Crippen molar-refractivity contribution in [2.45, 2.75) is 70.1 Å². The summed E-state index contributed by atoms with van der Waals surface area (Å²) in [4.78, 5) is 37.5. The van der Waals surface area contributed by atoms with Crippen LogP contribution < -0.4 is 5.32 Å². The minimum atomic E-state index is -1.53. The van der Waals surface area contributed by atoms with Crippen molar-refractivity contribution in [1.29, 1.82) is 0 Å². The van der Waals surface area contributed by atoms with E-state index in [1.165, 1.54) is 0 Å². The molecule has 0 bridgehead atoms. The van der Waals surface area contributed by atoms with Crippen LogP contribution in [0.1, 0.15) is 64.5 Å². The van der Waals surface area contributed by atoms with Gasteiger partial charge in [-0.2, -0.15) is 0 Å². The summed E-state index contributed by atoms with van der Waals surface area (Å²) in [5.41, 5.74) is -1.59. The summed E-state index contributed by atoms with van der Waals surface area (Å²) >= 11 is 0. The van der Waals surface area contributed by atoms with Crippen LogP contribution in [0.4, 0.5) is 9.18 Å². The van der Waals surface area contributed by atoms with E-state index in [-0.39, 0.29) is 44.2 Å². The van der Waals surface area contributed by atoms with E-state index in [2.05, 4.69) is 5.32 Å². The van der Waals surface area contributed by atoms with Crippen molar-refractivity contribution in [2.75, 3.05) is 13.1 Å². The third-order valence-electron chi connectivity index (χ3n) is 5.85. The molecule has 0 aromatic heterocycles. The van der Waals surface area contributed by atoms with Gasteiger partial charge in [-0.3, -0.25) is 14.9 Å². The molecule has 2 heterocycles. The van der Waals surface area contributed by atoms with Gasteiger partial charge >= 0.3 is 6.09 Å². The van der Waals surface area contributed by atoms with Crippen molar-refractivity contribution >= 4 is 17.9 Å². The van der Waals surface area contributed by atoms with Gasteiger partial charge in [-0.25, -0.2) is 9.18 Å². The largest absolute Gasteiger partial charge is 0.444 e. The van der Waals surface area contributed by atoms with Gasteiger partial charge in [0.25, 0.3) is 0 Å². The van der Waals surface area contributed by atoms with Crippen molar-refractivity contribution in [1.82, 2.24) is 10.2 Å². The van der Waals surface area contributed by atoms with Crippen LogP contribution in [0.25, 0.3) is 0 Å². The zero-order valence-corrected chi connectivity index (χ0v) is 17.5. The highest BCUT2D eigenvalue weighted by Gasteiger charge is 2.41. The molecule has 6 nitrogen and oxygen atoms in total. The minimum absolute atomic E-state index is 0.192. The lowest BCUT2D eigenvalue weighted by Crippen LogP contribution is -2.49. The maximum atomic E-state index is 15.6. The van der Waals surface area contributed by atoms with Crippen LogP contribution in [-0.2, 0) is 25.4 Å². The standard InChI is InChI=1S/C22H29FN2O4/c1-20(2,3)29-19(28)25-13-11-22(23,12-14-25)16-7-5-15(6-8-16)21(4)10-9-17(26)24-18(21)27/h5-8H,9-14H2,1-4H3,(H,24,26,27)/t21-/m1/s1. The molecule has 2 aliphatic rings. The number of imide groups is 1. The number of piperidine rings is 2. The lowest BCUT2D eigenvalue weighted by atomic mass is 9.74. The molecule has 2 saturated heterocycles. The Kier molecular flexibility index (Phi) is 5.45. The van der Waals surface area contributed by atoms with Crippen LogP contribution in [0.15, 0.2) is 24.3 Å². The number of alkyl halides is 1. The Morgan fingerprint density at radius 2 is 1.62 bits per heavy atom. The predicted octanol–water partition coefficient (Wildman–Crippen LogP) is 3.58. The van der Waals surface area contributed by atoms with Crippen molar-refractivity contribution in [3.05, 3.63) is 35.4 Å². The maximum Gasteiger partial charge on any atom is 0.410 e. The van der Waals surface area contributed by atoms with Crippen molar-refractivity contribution in [3.8, 4) is 0 Å². The first-order chi connectivity index (χ1) is 13.4. The van der Waals surface area contributed by atoms with E-state index in [0.29, 0.717) is 12.0 Å². The third kappa shape index (κ3) is 4.43. The van der Waals surface area contributed by atoms with Crippen molar-refractivity contribution in [3.63, 3.8) is 0 Å². The zero-order valence-electron chi connectivity index (χ0n) is 17.5. The smallest absolute Gasteiger partial charge is 0.410 e. The fourth-order valence-corrected chi connectivity index (χ4v) is 3.88. The Balaban J connectivity index is 1.68. The number of nitrogens with one attached hydrogen (secondary N) is 1. The molecule has 1 aromatic carbocycles. The quantitative estimate of drug-likeness (QED) is 0.765. The number of nitrogens with zero attached hydrogens (tertiary/aromatic N) is 1. The Labute approximate surface area is 170 Å². The number of hydrogen-bond donors (Lipinski definition) is 1. The molecule has 2 aliphatic heterocycles. The van der Waals surface area contributed by atoms with E-state index >= 15 is 4.39 Å². The van der Waals surface area contributed by atoms with E-state index in [9.17, 15) is 14.4 Å². The fraction of sp³-hybridized carbons (Fsp3) is 0.591. The fourth-order valence-electron chi connectivity index (χ4n) is 3.88. The van der Waals surface area contributed by atoms with Crippen molar-refractivity contribution in [2.24, 2.45) is 0 Å². The maximum absolute atomic E-state index is 15.6. The van der Waals surface area contributed by atoms with Gasteiger partial charge < -0.3 is 9.64 Å². The molecule has 3 amide bonds. The van der Waals surface area contributed by atoms with Gasteiger partial charge in [-0.05, 0) is 45.2 Å². The molecular weight excluding hydrogens is 375 g/mol. The van der Waals surface area contributed by atoms with Gasteiger partial charge in [0.1, 0.15) is 11.3 Å². The number of amides is 3. The number of rotatable bonds is 2. The first-order valence-corrected chi connectivity index (χ1v) is 10.1. The predicted molar refractivity (Wildman–Crippen MR) is 106 cm³/mol. The Bertz CT molecular complexity index is 807. The zero-order chi connectivity index (χ0) is 21.4. The highest BCUT2D eigenvalue weighted by molar-refractivity contribution is 6.03. The summed E-state index contributed by atoms with van der Waals surface area (Å²) in [6, 6.07) is 6.97. The van der Waals surface area contributed by atoms with Gasteiger partial charge in [0.05, 0.1) is 5.41 Å². The van der Waals surface area contributed by atoms with Gasteiger partial charge in [0, 0.05) is 32.4 Å². The molecule has 29 heavy (non-hydrogen) atoms. The molecule has 0 spiro atoms. The first kappa shape index (κ1) is 21.3. The van der Waals surface area contributed by atoms with E-state index in [1.807, 2.05) is 0 Å². The number of carbonyl (C=O) groups excluding carboxylic acids is 3. The van der Waals surface area contributed by atoms with Crippen LogP contribution in [0.2, 0.25) is 0 Å². The molecule has 0 radical (unpaired) electrons.